The normalized spacial score (nSPS) is 12.1. The van der Waals surface area contributed by atoms with Crippen LogP contribution in [0.1, 0.15) is 36.5 Å². The van der Waals surface area contributed by atoms with E-state index in [2.05, 4.69) is 22.4 Å². The van der Waals surface area contributed by atoms with Gasteiger partial charge >= 0.3 is 5.97 Å². The summed E-state index contributed by atoms with van der Waals surface area (Å²) in [6.45, 7) is 2.81. The van der Waals surface area contributed by atoms with Gasteiger partial charge in [0.2, 0.25) is 0 Å². The van der Waals surface area contributed by atoms with E-state index in [9.17, 15) is 4.79 Å². The molecule has 6 nitrogen and oxygen atoms in total. The first-order valence-electron chi connectivity index (χ1n) is 6.08. The predicted molar refractivity (Wildman–Crippen MR) is 67.6 cm³/mol. The highest BCUT2D eigenvalue weighted by atomic mass is 16.4. The summed E-state index contributed by atoms with van der Waals surface area (Å²) in [5.41, 5.74) is 0.115. The molecule has 0 aliphatic heterocycles. The molecule has 1 aromatic heterocycles. The Morgan fingerprint density at radius 2 is 2.28 bits per heavy atom. The van der Waals surface area contributed by atoms with Crippen molar-refractivity contribution in [2.45, 2.75) is 26.2 Å². The van der Waals surface area contributed by atoms with Crippen molar-refractivity contribution in [1.82, 2.24) is 10.2 Å². The number of aliphatic hydroxyl groups is 1. The molecule has 0 saturated heterocycles. The summed E-state index contributed by atoms with van der Waals surface area (Å²) in [5.74, 6) is -0.436. The summed E-state index contributed by atoms with van der Waals surface area (Å²) in [4.78, 5) is 11.0. The van der Waals surface area contributed by atoms with Crippen LogP contribution >= 0.6 is 0 Å². The molecule has 0 spiro atoms. The first-order chi connectivity index (χ1) is 8.69. The van der Waals surface area contributed by atoms with Crippen LogP contribution in [0.2, 0.25) is 0 Å². The molecule has 0 aromatic carbocycles. The van der Waals surface area contributed by atoms with Crippen LogP contribution in [0.5, 0.6) is 0 Å². The Morgan fingerprint density at radius 3 is 2.89 bits per heavy atom. The van der Waals surface area contributed by atoms with Gasteiger partial charge in [0.25, 0.3) is 0 Å². The number of aromatic nitrogens is 2. The van der Waals surface area contributed by atoms with E-state index in [1.165, 1.54) is 12.3 Å². The highest BCUT2D eigenvalue weighted by molar-refractivity contribution is 5.92. The van der Waals surface area contributed by atoms with Crippen LogP contribution in [0.3, 0.4) is 0 Å². The van der Waals surface area contributed by atoms with Crippen molar-refractivity contribution in [1.29, 1.82) is 0 Å². The number of nitrogens with one attached hydrogen (secondary N) is 1. The molecule has 1 unspecified atom stereocenters. The van der Waals surface area contributed by atoms with E-state index in [0.29, 0.717) is 18.9 Å². The third kappa shape index (κ3) is 4.29. The third-order valence-electron chi connectivity index (χ3n) is 2.74. The smallest absolute Gasteiger partial charge is 0.339 e. The highest BCUT2D eigenvalue weighted by Gasteiger charge is 2.13. The lowest BCUT2D eigenvalue weighted by Gasteiger charge is -2.16. The van der Waals surface area contributed by atoms with Crippen molar-refractivity contribution in [2.24, 2.45) is 5.92 Å². The Bertz CT molecular complexity index is 379. The monoisotopic (exact) mass is 253 g/mol. The van der Waals surface area contributed by atoms with Crippen molar-refractivity contribution in [2.75, 3.05) is 18.5 Å². The maximum Gasteiger partial charge on any atom is 0.339 e. The van der Waals surface area contributed by atoms with E-state index < -0.39 is 5.97 Å². The number of carbonyl (C=O) groups is 1. The number of aromatic carboxylic acids is 1. The fourth-order valence-electron chi connectivity index (χ4n) is 1.82. The lowest BCUT2D eigenvalue weighted by molar-refractivity contribution is 0.0697. The minimum atomic E-state index is -1.03. The lowest BCUT2D eigenvalue weighted by Crippen LogP contribution is -2.18. The average molecular weight is 253 g/mol. The van der Waals surface area contributed by atoms with E-state index >= 15 is 0 Å². The molecular formula is C12H19N3O3. The van der Waals surface area contributed by atoms with Gasteiger partial charge in [-0.1, -0.05) is 13.3 Å². The van der Waals surface area contributed by atoms with E-state index in [4.69, 9.17) is 10.2 Å². The average Bonchev–Trinajstić information content (AvgIpc) is 2.36. The molecule has 0 aliphatic rings. The van der Waals surface area contributed by atoms with Crippen LogP contribution in [-0.2, 0) is 0 Å². The van der Waals surface area contributed by atoms with Crippen LogP contribution in [0, 0.1) is 5.92 Å². The highest BCUT2D eigenvalue weighted by Crippen LogP contribution is 2.14. The van der Waals surface area contributed by atoms with Gasteiger partial charge in [-0.2, -0.15) is 5.10 Å². The van der Waals surface area contributed by atoms with Crippen molar-refractivity contribution in [3.63, 3.8) is 0 Å². The van der Waals surface area contributed by atoms with E-state index in [0.717, 1.165) is 12.8 Å². The second-order valence-electron chi connectivity index (χ2n) is 4.15. The first kappa shape index (κ1) is 14.4. The Labute approximate surface area is 106 Å². The SMILES string of the molecule is CCCC(CCO)CNc1nnccc1C(=O)O. The molecule has 0 radical (unpaired) electrons. The molecule has 6 heteroatoms. The minimum absolute atomic E-state index is 0.115. The minimum Gasteiger partial charge on any atom is -0.478 e. The summed E-state index contributed by atoms with van der Waals surface area (Å²) in [7, 11) is 0. The third-order valence-corrected chi connectivity index (χ3v) is 2.74. The predicted octanol–water partition coefficient (Wildman–Crippen LogP) is 1.39. The fraction of sp³-hybridized carbons (Fsp3) is 0.583. The van der Waals surface area contributed by atoms with E-state index in [-0.39, 0.29) is 18.0 Å². The molecule has 1 aromatic rings. The van der Waals surface area contributed by atoms with E-state index in [1.807, 2.05) is 0 Å². The summed E-state index contributed by atoms with van der Waals surface area (Å²) in [6, 6.07) is 1.42. The number of aliphatic hydroxyl groups excluding tert-OH is 1. The molecule has 100 valence electrons. The Hall–Kier alpha value is -1.69. The largest absolute Gasteiger partial charge is 0.478 e. The van der Waals surface area contributed by atoms with Crippen molar-refractivity contribution >= 4 is 11.8 Å². The van der Waals surface area contributed by atoms with Crippen LogP contribution in [0.15, 0.2) is 12.3 Å². The molecule has 1 rings (SSSR count). The van der Waals surface area contributed by atoms with Gasteiger partial charge in [-0.3, -0.25) is 0 Å². The van der Waals surface area contributed by atoms with Gasteiger partial charge < -0.3 is 15.5 Å². The zero-order chi connectivity index (χ0) is 13.4. The number of hydrogen-bond acceptors (Lipinski definition) is 5. The molecule has 0 bridgehead atoms. The zero-order valence-electron chi connectivity index (χ0n) is 10.5. The number of hydrogen-bond donors (Lipinski definition) is 3. The molecule has 1 heterocycles. The summed E-state index contributed by atoms with van der Waals surface area (Å²) < 4.78 is 0. The molecule has 0 saturated carbocycles. The van der Waals surface area contributed by atoms with Crippen molar-refractivity contribution in [3.8, 4) is 0 Å². The van der Waals surface area contributed by atoms with Crippen molar-refractivity contribution < 1.29 is 15.0 Å². The molecular weight excluding hydrogens is 234 g/mol. The summed E-state index contributed by atoms with van der Waals surface area (Å²) in [6.07, 6.45) is 4.06. The van der Waals surface area contributed by atoms with Gasteiger partial charge in [0.15, 0.2) is 5.82 Å². The number of nitrogens with zero attached hydrogens (tertiary/aromatic N) is 2. The van der Waals surface area contributed by atoms with Crippen LogP contribution in [-0.4, -0.2) is 39.5 Å². The molecule has 3 N–H and O–H groups in total. The standard InChI is InChI=1S/C12H19N3O3/c1-2-3-9(5-7-16)8-13-11-10(12(17)18)4-6-14-15-11/h4,6,9,16H,2-3,5,7-8H2,1H3,(H,13,15)(H,17,18). The number of carboxylic acid groups (broad SMARTS) is 1. The molecule has 0 aliphatic carbocycles. The van der Waals surface area contributed by atoms with E-state index in [1.54, 1.807) is 0 Å². The van der Waals surface area contributed by atoms with Gasteiger partial charge in [-0.25, -0.2) is 4.79 Å². The van der Waals surface area contributed by atoms with Gasteiger partial charge in [0.05, 0.1) is 6.20 Å². The van der Waals surface area contributed by atoms with Gasteiger partial charge in [0.1, 0.15) is 5.56 Å². The van der Waals surface area contributed by atoms with Gasteiger partial charge in [0, 0.05) is 13.2 Å². The fourth-order valence-corrected chi connectivity index (χ4v) is 1.82. The maximum absolute atomic E-state index is 11.0. The zero-order valence-corrected chi connectivity index (χ0v) is 10.5. The summed E-state index contributed by atoms with van der Waals surface area (Å²) >= 11 is 0. The number of carboxylic acids is 1. The quantitative estimate of drug-likeness (QED) is 0.648. The number of anilines is 1. The first-order valence-corrected chi connectivity index (χ1v) is 6.08. The molecule has 0 amide bonds. The Kier molecular flexibility index (Phi) is 6.07. The summed E-state index contributed by atoms with van der Waals surface area (Å²) in [5, 5.41) is 28.4. The molecule has 1 atom stereocenters. The van der Waals surface area contributed by atoms with Crippen molar-refractivity contribution in [3.05, 3.63) is 17.8 Å². The lowest BCUT2D eigenvalue weighted by atomic mass is 10.0. The molecule has 0 fully saturated rings. The van der Waals surface area contributed by atoms with Gasteiger partial charge in [-0.05, 0) is 24.8 Å². The van der Waals surface area contributed by atoms with Gasteiger partial charge in [-0.15, -0.1) is 5.10 Å². The second kappa shape index (κ2) is 7.60. The number of rotatable bonds is 8. The second-order valence-corrected chi connectivity index (χ2v) is 4.15. The maximum atomic E-state index is 11.0. The van der Waals surface area contributed by atoms with Crippen LogP contribution in [0.25, 0.3) is 0 Å². The Morgan fingerprint density at radius 1 is 1.50 bits per heavy atom. The van der Waals surface area contributed by atoms with Crippen LogP contribution < -0.4 is 5.32 Å². The Balaban J connectivity index is 2.63. The van der Waals surface area contributed by atoms with Crippen LogP contribution in [0.4, 0.5) is 5.82 Å². The molecule has 18 heavy (non-hydrogen) atoms. The topological polar surface area (TPSA) is 95.3 Å².